The van der Waals surface area contributed by atoms with Gasteiger partial charge in [0.15, 0.2) is 11.6 Å². The normalized spacial score (nSPS) is 12.9. The van der Waals surface area contributed by atoms with Gasteiger partial charge in [0.25, 0.3) is 0 Å². The summed E-state index contributed by atoms with van der Waals surface area (Å²) in [7, 11) is 0. The number of anilines is 1. The summed E-state index contributed by atoms with van der Waals surface area (Å²) in [6, 6.07) is 3.96. The first-order valence-corrected chi connectivity index (χ1v) is 6.06. The smallest absolute Gasteiger partial charge is 0.183 e. The van der Waals surface area contributed by atoms with Crippen molar-refractivity contribution in [3.8, 4) is 6.07 Å². The molecule has 0 saturated heterocycles. The summed E-state index contributed by atoms with van der Waals surface area (Å²) in [4.78, 5) is 0. The molecular formula is C14H18F2N2O. The topological polar surface area (TPSA) is 56.0 Å². The molecule has 5 heteroatoms. The summed E-state index contributed by atoms with van der Waals surface area (Å²) in [6.07, 6.45) is 0.421. The molecule has 0 aliphatic carbocycles. The molecular weight excluding hydrogens is 250 g/mol. The zero-order chi connectivity index (χ0) is 14.6. The zero-order valence-electron chi connectivity index (χ0n) is 11.3. The average molecular weight is 268 g/mol. The number of nitrogens with one attached hydrogen (secondary N) is 1. The first kappa shape index (κ1) is 15.4. The van der Waals surface area contributed by atoms with Gasteiger partial charge in [0.05, 0.1) is 11.3 Å². The molecule has 1 aromatic carbocycles. The van der Waals surface area contributed by atoms with E-state index in [-0.39, 0.29) is 29.3 Å². The molecule has 1 atom stereocenters. The molecule has 0 saturated carbocycles. The molecule has 104 valence electrons. The zero-order valence-corrected chi connectivity index (χ0v) is 11.3. The predicted octanol–water partition coefficient (Wildman–Crippen LogP) is 3.05. The van der Waals surface area contributed by atoms with Crippen molar-refractivity contribution in [1.29, 1.82) is 5.26 Å². The fourth-order valence-corrected chi connectivity index (χ4v) is 1.79. The number of rotatable bonds is 4. The molecule has 0 aliphatic rings. The molecule has 0 aromatic heterocycles. The van der Waals surface area contributed by atoms with Crippen molar-refractivity contribution in [1.82, 2.24) is 0 Å². The van der Waals surface area contributed by atoms with Gasteiger partial charge in [0.1, 0.15) is 6.07 Å². The van der Waals surface area contributed by atoms with Crippen molar-refractivity contribution in [3.05, 3.63) is 29.3 Å². The monoisotopic (exact) mass is 268 g/mol. The molecule has 0 bridgehead atoms. The summed E-state index contributed by atoms with van der Waals surface area (Å²) in [6.45, 7) is 5.78. The van der Waals surface area contributed by atoms with Crippen molar-refractivity contribution in [3.63, 3.8) is 0 Å². The predicted molar refractivity (Wildman–Crippen MR) is 69.6 cm³/mol. The lowest BCUT2D eigenvalue weighted by atomic mass is 9.84. The second-order valence-corrected chi connectivity index (χ2v) is 5.48. The first-order valence-electron chi connectivity index (χ1n) is 6.06. The Morgan fingerprint density at radius 3 is 2.42 bits per heavy atom. The lowest BCUT2D eigenvalue weighted by Gasteiger charge is -2.32. The van der Waals surface area contributed by atoms with Crippen molar-refractivity contribution in [2.45, 2.75) is 33.2 Å². The maximum Gasteiger partial charge on any atom is 0.183 e. The van der Waals surface area contributed by atoms with E-state index in [2.05, 4.69) is 5.32 Å². The largest absolute Gasteiger partial charge is 0.396 e. The van der Waals surface area contributed by atoms with E-state index in [4.69, 9.17) is 10.4 Å². The minimum atomic E-state index is -1.15. The van der Waals surface area contributed by atoms with E-state index in [0.29, 0.717) is 6.42 Å². The third-order valence-corrected chi connectivity index (χ3v) is 3.00. The van der Waals surface area contributed by atoms with Crippen LogP contribution in [0.2, 0.25) is 0 Å². The number of hydrogen-bond acceptors (Lipinski definition) is 3. The van der Waals surface area contributed by atoms with Gasteiger partial charge in [-0.25, -0.2) is 8.78 Å². The molecule has 1 aromatic rings. The molecule has 0 aliphatic heterocycles. The van der Waals surface area contributed by atoms with E-state index in [9.17, 15) is 8.78 Å². The highest BCUT2D eigenvalue weighted by atomic mass is 19.2. The van der Waals surface area contributed by atoms with Crippen LogP contribution in [-0.2, 0) is 0 Å². The van der Waals surface area contributed by atoms with Crippen LogP contribution in [0, 0.1) is 28.4 Å². The number of aliphatic hydroxyl groups excluding tert-OH is 1. The third-order valence-electron chi connectivity index (χ3n) is 3.00. The maximum absolute atomic E-state index is 13.8. The highest BCUT2D eigenvalue weighted by molar-refractivity contribution is 5.50. The molecule has 19 heavy (non-hydrogen) atoms. The second kappa shape index (κ2) is 5.98. The summed E-state index contributed by atoms with van der Waals surface area (Å²) in [5, 5.41) is 20.5. The van der Waals surface area contributed by atoms with Crippen LogP contribution >= 0.6 is 0 Å². The standard InChI is InChI=1S/C14H18F2N2O/c1-14(2,3)11(6-7-19)18-10-5-4-9(8-17)12(15)13(10)16/h4-5,11,18-19H,6-7H2,1-3H3. The summed E-state index contributed by atoms with van der Waals surface area (Å²) >= 11 is 0. The van der Waals surface area contributed by atoms with Gasteiger partial charge in [-0.05, 0) is 24.0 Å². The Balaban J connectivity index is 3.05. The Kier molecular flexibility index (Phi) is 4.84. The Morgan fingerprint density at radius 2 is 1.95 bits per heavy atom. The molecule has 1 unspecified atom stereocenters. The molecule has 2 N–H and O–H groups in total. The van der Waals surface area contributed by atoms with Gasteiger partial charge in [-0.1, -0.05) is 20.8 Å². The van der Waals surface area contributed by atoms with Crippen LogP contribution in [0.5, 0.6) is 0 Å². The first-order chi connectivity index (χ1) is 8.81. The molecule has 0 fully saturated rings. The van der Waals surface area contributed by atoms with Gasteiger partial charge in [-0.15, -0.1) is 0 Å². The fourth-order valence-electron chi connectivity index (χ4n) is 1.79. The highest BCUT2D eigenvalue weighted by Crippen LogP contribution is 2.28. The number of benzene rings is 1. The van der Waals surface area contributed by atoms with Gasteiger partial charge >= 0.3 is 0 Å². The minimum Gasteiger partial charge on any atom is -0.396 e. The van der Waals surface area contributed by atoms with Gasteiger partial charge in [-0.3, -0.25) is 0 Å². The lowest BCUT2D eigenvalue weighted by Crippen LogP contribution is -2.35. The van der Waals surface area contributed by atoms with E-state index in [1.807, 2.05) is 20.8 Å². The van der Waals surface area contributed by atoms with Crippen molar-refractivity contribution in [2.75, 3.05) is 11.9 Å². The second-order valence-electron chi connectivity index (χ2n) is 5.48. The van der Waals surface area contributed by atoms with Gasteiger partial charge in [0.2, 0.25) is 0 Å². The number of nitriles is 1. The maximum atomic E-state index is 13.8. The van der Waals surface area contributed by atoms with E-state index >= 15 is 0 Å². The van der Waals surface area contributed by atoms with Crippen molar-refractivity contribution in [2.24, 2.45) is 5.41 Å². The Morgan fingerprint density at radius 1 is 1.32 bits per heavy atom. The molecule has 0 amide bonds. The number of halogens is 2. The number of nitrogens with zero attached hydrogens (tertiary/aromatic N) is 1. The summed E-state index contributed by atoms with van der Waals surface area (Å²) < 4.78 is 27.3. The SMILES string of the molecule is CC(C)(C)C(CCO)Nc1ccc(C#N)c(F)c1F. The molecule has 1 rings (SSSR count). The van der Waals surface area contributed by atoms with Crippen LogP contribution in [0.4, 0.5) is 14.5 Å². The van der Waals surface area contributed by atoms with Crippen LogP contribution in [0.15, 0.2) is 12.1 Å². The number of aliphatic hydroxyl groups is 1. The number of hydrogen-bond donors (Lipinski definition) is 2. The van der Waals surface area contributed by atoms with Crippen LogP contribution < -0.4 is 5.32 Å². The van der Waals surface area contributed by atoms with Crippen LogP contribution in [0.1, 0.15) is 32.8 Å². The van der Waals surface area contributed by atoms with E-state index in [1.54, 1.807) is 6.07 Å². The lowest BCUT2D eigenvalue weighted by molar-refractivity contribution is 0.235. The van der Waals surface area contributed by atoms with Crippen LogP contribution in [0.3, 0.4) is 0 Å². The van der Waals surface area contributed by atoms with E-state index in [1.165, 1.54) is 12.1 Å². The van der Waals surface area contributed by atoms with Gasteiger partial charge in [-0.2, -0.15) is 5.26 Å². The fraction of sp³-hybridized carbons (Fsp3) is 0.500. The molecule has 0 spiro atoms. The Labute approximate surface area is 111 Å². The molecule has 3 nitrogen and oxygen atoms in total. The van der Waals surface area contributed by atoms with Gasteiger partial charge < -0.3 is 10.4 Å². The molecule has 0 heterocycles. The third kappa shape index (κ3) is 3.65. The highest BCUT2D eigenvalue weighted by Gasteiger charge is 2.25. The van der Waals surface area contributed by atoms with Crippen molar-refractivity contribution >= 4 is 5.69 Å². The van der Waals surface area contributed by atoms with Gasteiger partial charge in [0, 0.05) is 12.6 Å². The van der Waals surface area contributed by atoms with Crippen LogP contribution in [0.25, 0.3) is 0 Å². The average Bonchev–Trinajstić information content (AvgIpc) is 2.33. The van der Waals surface area contributed by atoms with E-state index in [0.717, 1.165) is 0 Å². The Bertz CT molecular complexity index is 489. The summed E-state index contributed by atoms with van der Waals surface area (Å²) in [5.74, 6) is -2.21. The minimum absolute atomic E-state index is 0.00451. The molecule has 0 radical (unpaired) electrons. The Hall–Kier alpha value is -1.67. The summed E-state index contributed by atoms with van der Waals surface area (Å²) in [5.41, 5.74) is -0.540. The van der Waals surface area contributed by atoms with E-state index < -0.39 is 11.6 Å². The van der Waals surface area contributed by atoms with Crippen molar-refractivity contribution < 1.29 is 13.9 Å². The quantitative estimate of drug-likeness (QED) is 0.882. The van der Waals surface area contributed by atoms with Crippen LogP contribution in [-0.4, -0.2) is 17.8 Å².